The Hall–Kier alpha value is -1.04. The van der Waals surface area contributed by atoms with Crippen LogP contribution in [0.25, 0.3) is 0 Å². The van der Waals surface area contributed by atoms with Gasteiger partial charge in [0.2, 0.25) is 12.8 Å². The van der Waals surface area contributed by atoms with Crippen LogP contribution in [0, 0.1) is 0 Å². The molecule has 0 aromatic rings. The average Bonchev–Trinajstić information content (AvgIpc) is 2.82. The third-order valence-corrected chi connectivity index (χ3v) is 6.63. The zero-order valence-electron chi connectivity index (χ0n) is 21.3. The van der Waals surface area contributed by atoms with Crippen molar-refractivity contribution < 1.29 is 28.5 Å². The van der Waals surface area contributed by atoms with Crippen molar-refractivity contribution in [2.24, 2.45) is 0 Å². The molecule has 10 heteroatoms. The van der Waals surface area contributed by atoms with Gasteiger partial charge < -0.3 is 29.6 Å². The molecule has 0 radical (unpaired) electrons. The van der Waals surface area contributed by atoms with E-state index in [1.165, 1.54) is 0 Å². The van der Waals surface area contributed by atoms with Crippen molar-refractivity contribution in [1.82, 2.24) is 10.6 Å². The van der Waals surface area contributed by atoms with Gasteiger partial charge in [-0.15, -0.1) is 0 Å². The third kappa shape index (κ3) is 17.4. The van der Waals surface area contributed by atoms with Crippen LogP contribution in [0.1, 0.15) is 79.1 Å². The molecule has 0 bridgehead atoms. The largest absolute Gasteiger partial charge is 0.335 e. The molecule has 0 rings (SSSR count). The fourth-order valence-electron chi connectivity index (χ4n) is 2.15. The molecule has 2 amide bonds. The van der Waals surface area contributed by atoms with E-state index < -0.39 is 24.6 Å². The number of amides is 2. The maximum Gasteiger partial charge on any atom is 0.261 e. The molecule has 2 N–H and O–H groups in total. The number of rotatable bonds is 23. The van der Waals surface area contributed by atoms with Crippen LogP contribution in [0.2, 0.25) is 0 Å². The second-order valence-corrected chi connectivity index (χ2v) is 9.84. The molecular formula is C24H44N2O6S2. The van der Waals surface area contributed by atoms with Gasteiger partial charge in [-0.3, -0.25) is 9.59 Å². The van der Waals surface area contributed by atoms with Crippen LogP contribution >= 0.6 is 21.6 Å². The molecule has 0 atom stereocenters. The Morgan fingerprint density at radius 3 is 1.12 bits per heavy atom. The van der Waals surface area contributed by atoms with Crippen molar-refractivity contribution in [3.63, 3.8) is 0 Å². The zero-order valence-corrected chi connectivity index (χ0v) is 23.0. The highest BCUT2D eigenvalue weighted by Gasteiger charge is 2.19. The summed E-state index contributed by atoms with van der Waals surface area (Å²) < 4.78 is 22.5. The first-order valence-corrected chi connectivity index (χ1v) is 14.3. The molecule has 0 aliphatic carbocycles. The maximum absolute atomic E-state index is 12.5. The Bertz CT molecular complexity index is 522. The van der Waals surface area contributed by atoms with Gasteiger partial charge in [-0.25, -0.2) is 0 Å². The number of ether oxygens (including phenoxy) is 4. The van der Waals surface area contributed by atoms with Crippen molar-refractivity contribution in [1.29, 1.82) is 0 Å². The quantitative estimate of drug-likeness (QED) is 0.0793. The first-order valence-electron chi connectivity index (χ1n) is 12.2. The Morgan fingerprint density at radius 2 is 0.882 bits per heavy atom. The Kier molecular flexibility index (Phi) is 21.7. The Morgan fingerprint density at radius 1 is 0.618 bits per heavy atom. The molecule has 0 aliphatic heterocycles. The predicted molar refractivity (Wildman–Crippen MR) is 141 cm³/mol. The smallest absolute Gasteiger partial charge is 0.261 e. The molecule has 0 saturated carbocycles. The normalized spacial score (nSPS) is 11.1. The van der Waals surface area contributed by atoms with E-state index in [1.54, 1.807) is 0 Å². The summed E-state index contributed by atoms with van der Waals surface area (Å²) in [4.78, 5) is 25.4. The van der Waals surface area contributed by atoms with Gasteiger partial charge in [-0.1, -0.05) is 66.5 Å². The summed E-state index contributed by atoms with van der Waals surface area (Å²) in [6, 6.07) is 0. The topological polar surface area (TPSA) is 95.1 Å². The van der Waals surface area contributed by atoms with E-state index in [2.05, 4.69) is 51.5 Å². The summed E-state index contributed by atoms with van der Waals surface area (Å²) in [6.07, 6.45) is 5.73. The van der Waals surface area contributed by atoms with Crippen molar-refractivity contribution in [3.05, 3.63) is 23.0 Å². The average molecular weight is 521 g/mol. The molecule has 0 heterocycles. The lowest BCUT2D eigenvalue weighted by Gasteiger charge is -2.21. The number of carbonyl (C=O) groups excluding carboxylic acids is 2. The van der Waals surface area contributed by atoms with E-state index in [9.17, 15) is 9.59 Å². The highest BCUT2D eigenvalue weighted by Crippen LogP contribution is 2.34. The van der Waals surface area contributed by atoms with E-state index >= 15 is 0 Å². The molecule has 34 heavy (non-hydrogen) atoms. The molecule has 8 nitrogen and oxygen atoms in total. The molecule has 0 aromatic heterocycles. The highest BCUT2D eigenvalue weighted by molar-refractivity contribution is 8.80. The second-order valence-electron chi connectivity index (χ2n) is 7.52. The van der Waals surface area contributed by atoms with E-state index in [-0.39, 0.29) is 9.81 Å². The van der Waals surface area contributed by atoms with E-state index in [1.807, 2.05) is 0 Å². The van der Waals surface area contributed by atoms with Gasteiger partial charge in [0, 0.05) is 0 Å². The monoisotopic (exact) mass is 520 g/mol. The minimum absolute atomic E-state index is 0.206. The van der Waals surface area contributed by atoms with Gasteiger partial charge in [0.1, 0.15) is 0 Å². The third-order valence-electron chi connectivity index (χ3n) is 4.32. The molecule has 0 aromatic carbocycles. The minimum Gasteiger partial charge on any atom is -0.335 e. The van der Waals surface area contributed by atoms with Crippen molar-refractivity contribution in [2.75, 3.05) is 26.4 Å². The van der Waals surface area contributed by atoms with Crippen LogP contribution in [0.4, 0.5) is 0 Å². The standard InChI is InChI=1S/C24H44N2O6S2/c1-7-11-15-29-23(30-16-12-8-2)25-21(27)19(5)33-34-20(6)22(28)26-24(31-17-13-9-3)32-18-14-10-4/h23-24H,5-18H2,1-4H3,(H,25,27)(H,26,28). The summed E-state index contributed by atoms with van der Waals surface area (Å²) in [6.45, 7) is 17.8. The highest BCUT2D eigenvalue weighted by atomic mass is 33.1. The molecule has 198 valence electrons. The Labute approximate surface area is 213 Å². The molecule has 0 saturated heterocycles. The van der Waals surface area contributed by atoms with Gasteiger partial charge in [0.15, 0.2) is 0 Å². The van der Waals surface area contributed by atoms with Gasteiger partial charge >= 0.3 is 0 Å². The van der Waals surface area contributed by atoms with E-state index in [0.29, 0.717) is 26.4 Å². The van der Waals surface area contributed by atoms with E-state index in [0.717, 1.165) is 73.0 Å². The van der Waals surface area contributed by atoms with Crippen LogP contribution in [0.3, 0.4) is 0 Å². The second kappa shape index (κ2) is 22.4. The summed E-state index contributed by atoms with van der Waals surface area (Å²) in [5.41, 5.74) is 0. The molecular weight excluding hydrogens is 476 g/mol. The van der Waals surface area contributed by atoms with E-state index in [4.69, 9.17) is 18.9 Å². The molecule has 0 spiro atoms. The van der Waals surface area contributed by atoms with Gasteiger partial charge in [-0.2, -0.15) is 0 Å². The van der Waals surface area contributed by atoms with Gasteiger partial charge in [0.25, 0.3) is 11.8 Å². The zero-order chi connectivity index (χ0) is 25.6. The summed E-state index contributed by atoms with van der Waals surface area (Å²) in [5.74, 6) is -0.847. The van der Waals surface area contributed by atoms with Crippen LogP contribution in [-0.2, 0) is 28.5 Å². The van der Waals surface area contributed by atoms with Crippen molar-refractivity contribution >= 4 is 33.4 Å². The summed E-state index contributed by atoms with van der Waals surface area (Å²) in [5, 5.41) is 5.38. The van der Waals surface area contributed by atoms with Crippen LogP contribution in [0.5, 0.6) is 0 Å². The summed E-state index contributed by atoms with van der Waals surface area (Å²) in [7, 11) is 2.09. The lowest BCUT2D eigenvalue weighted by atomic mass is 10.4. The number of hydrogen-bond donors (Lipinski definition) is 2. The first-order chi connectivity index (χ1) is 16.4. The number of unbranched alkanes of at least 4 members (excludes halogenated alkanes) is 4. The molecule has 0 unspecified atom stereocenters. The maximum atomic E-state index is 12.5. The minimum atomic E-state index is -0.833. The first kappa shape index (κ1) is 33.0. The van der Waals surface area contributed by atoms with Crippen LogP contribution in [-0.4, -0.2) is 51.1 Å². The summed E-state index contributed by atoms with van der Waals surface area (Å²) >= 11 is 0. The van der Waals surface area contributed by atoms with Crippen LogP contribution in [0.15, 0.2) is 23.0 Å². The van der Waals surface area contributed by atoms with Gasteiger partial charge in [0.05, 0.1) is 36.2 Å². The number of nitrogens with one attached hydrogen (secondary N) is 2. The van der Waals surface area contributed by atoms with Gasteiger partial charge in [-0.05, 0) is 47.3 Å². The van der Waals surface area contributed by atoms with Crippen molar-refractivity contribution in [2.45, 2.75) is 91.9 Å². The predicted octanol–water partition coefficient (Wildman–Crippen LogP) is 5.46. The van der Waals surface area contributed by atoms with Crippen LogP contribution < -0.4 is 10.6 Å². The lowest BCUT2D eigenvalue weighted by molar-refractivity contribution is -0.169. The fraction of sp³-hybridized carbons (Fsp3) is 0.750. The molecule has 0 fully saturated rings. The lowest BCUT2D eigenvalue weighted by Crippen LogP contribution is -2.40. The fourth-order valence-corrected chi connectivity index (χ4v) is 3.68. The molecule has 0 aliphatic rings. The number of carbonyl (C=O) groups is 2. The van der Waals surface area contributed by atoms with Crippen molar-refractivity contribution in [3.8, 4) is 0 Å². The number of hydrogen-bond acceptors (Lipinski definition) is 8. The SMILES string of the molecule is C=C(SSC(=C)C(=O)NC(OCCCC)OCCCC)C(=O)NC(OCCCC)OCCCC. The Balaban J connectivity index is 4.60.